The molecule has 0 fully saturated rings. The van der Waals surface area contributed by atoms with Crippen LogP contribution in [0.5, 0.6) is 0 Å². The van der Waals surface area contributed by atoms with Crippen molar-refractivity contribution in [2.75, 3.05) is 14.1 Å². The molecular weight excluding hydrogens is 342 g/mol. The quantitative estimate of drug-likeness (QED) is 0.572. The number of hydrogen-bond donors (Lipinski definition) is 0. The minimum Gasteiger partial charge on any atom is -0.369 e. The van der Waals surface area contributed by atoms with Gasteiger partial charge in [-0.25, -0.2) is 0 Å². The van der Waals surface area contributed by atoms with E-state index in [2.05, 4.69) is 44.0 Å². The fraction of sp³-hybridized carbons (Fsp3) is 0.381. The molecule has 0 saturated carbocycles. The Labute approximate surface area is 159 Å². The molecule has 1 heterocycles. The standard InChI is InChI=1S/C21H25N3OS/c1-7-17-16(12-22)18(19(26-17)20(25)23-13-24(5)6)14-8-10-15(11-9-14)21(2,3)4/h8-11,13H,7H2,1-6H3/b23-13+. The Hall–Kier alpha value is -2.45. The van der Waals surface area contributed by atoms with Gasteiger partial charge in [0.2, 0.25) is 0 Å². The van der Waals surface area contributed by atoms with Crippen molar-refractivity contribution in [2.24, 2.45) is 4.99 Å². The molecule has 1 amide bonds. The second kappa shape index (κ2) is 7.84. The third-order valence-corrected chi connectivity index (χ3v) is 5.38. The Morgan fingerprint density at radius 2 is 1.88 bits per heavy atom. The number of rotatable bonds is 4. The molecule has 0 aliphatic rings. The van der Waals surface area contributed by atoms with E-state index >= 15 is 0 Å². The van der Waals surface area contributed by atoms with Crippen LogP contribution in [0.3, 0.4) is 0 Å². The Bertz CT molecular complexity index is 862. The van der Waals surface area contributed by atoms with E-state index in [-0.39, 0.29) is 11.3 Å². The molecule has 26 heavy (non-hydrogen) atoms. The molecule has 0 bridgehead atoms. The average Bonchev–Trinajstić information content (AvgIpc) is 2.97. The van der Waals surface area contributed by atoms with Crippen LogP contribution in [0.2, 0.25) is 0 Å². The fourth-order valence-electron chi connectivity index (χ4n) is 2.63. The van der Waals surface area contributed by atoms with Crippen LogP contribution >= 0.6 is 11.3 Å². The van der Waals surface area contributed by atoms with Crippen LogP contribution in [-0.4, -0.2) is 31.2 Å². The summed E-state index contributed by atoms with van der Waals surface area (Å²) in [4.78, 5) is 19.8. The molecular formula is C21H25N3OS. The summed E-state index contributed by atoms with van der Waals surface area (Å²) >= 11 is 1.37. The highest BCUT2D eigenvalue weighted by atomic mass is 32.1. The number of carbonyl (C=O) groups is 1. The molecule has 4 nitrogen and oxygen atoms in total. The Morgan fingerprint density at radius 1 is 1.27 bits per heavy atom. The molecule has 0 spiro atoms. The van der Waals surface area contributed by atoms with Crippen molar-refractivity contribution in [1.29, 1.82) is 5.26 Å². The molecule has 2 rings (SSSR count). The van der Waals surface area contributed by atoms with Gasteiger partial charge in [0.1, 0.15) is 10.9 Å². The summed E-state index contributed by atoms with van der Waals surface area (Å²) in [5.74, 6) is -0.310. The van der Waals surface area contributed by atoms with Gasteiger partial charge in [0.25, 0.3) is 5.91 Å². The summed E-state index contributed by atoms with van der Waals surface area (Å²) in [6.07, 6.45) is 2.21. The normalized spacial score (nSPS) is 11.6. The van der Waals surface area contributed by atoms with Gasteiger partial charge in [-0.05, 0) is 23.0 Å². The van der Waals surface area contributed by atoms with Crippen molar-refractivity contribution in [3.63, 3.8) is 0 Å². The highest BCUT2D eigenvalue weighted by Crippen LogP contribution is 2.38. The first-order valence-corrected chi connectivity index (χ1v) is 9.42. The first kappa shape index (κ1) is 19.9. The van der Waals surface area contributed by atoms with E-state index in [4.69, 9.17) is 0 Å². The van der Waals surface area contributed by atoms with Crippen molar-refractivity contribution in [3.8, 4) is 17.2 Å². The van der Waals surface area contributed by atoms with Gasteiger partial charge in [0, 0.05) is 24.5 Å². The first-order chi connectivity index (χ1) is 12.2. The minimum atomic E-state index is -0.310. The second-order valence-corrected chi connectivity index (χ2v) is 8.52. The summed E-state index contributed by atoms with van der Waals surface area (Å²) < 4.78 is 0. The number of thiophene rings is 1. The van der Waals surface area contributed by atoms with Gasteiger partial charge >= 0.3 is 0 Å². The molecule has 1 aromatic carbocycles. The minimum absolute atomic E-state index is 0.0501. The maximum atomic E-state index is 12.6. The van der Waals surface area contributed by atoms with Gasteiger partial charge in [0.15, 0.2) is 0 Å². The van der Waals surface area contributed by atoms with Crippen molar-refractivity contribution < 1.29 is 4.79 Å². The van der Waals surface area contributed by atoms with Crippen LogP contribution in [0.4, 0.5) is 0 Å². The Morgan fingerprint density at radius 3 is 2.35 bits per heavy atom. The summed E-state index contributed by atoms with van der Waals surface area (Å²) in [6, 6.07) is 10.4. The van der Waals surface area contributed by atoms with Crippen LogP contribution in [0, 0.1) is 11.3 Å². The van der Waals surface area contributed by atoms with Gasteiger partial charge in [-0.2, -0.15) is 10.3 Å². The predicted octanol–water partition coefficient (Wildman–Crippen LogP) is 4.88. The smallest absolute Gasteiger partial charge is 0.289 e. The third kappa shape index (κ3) is 4.20. The van der Waals surface area contributed by atoms with Gasteiger partial charge in [-0.1, -0.05) is 52.0 Å². The molecule has 0 unspecified atom stereocenters. The number of carbonyl (C=O) groups excluding carboxylic acids is 1. The lowest BCUT2D eigenvalue weighted by molar-refractivity contribution is 0.101. The summed E-state index contributed by atoms with van der Waals surface area (Å²) in [5.41, 5.74) is 3.44. The lowest BCUT2D eigenvalue weighted by atomic mass is 9.86. The van der Waals surface area contributed by atoms with Crippen LogP contribution in [0.25, 0.3) is 11.1 Å². The monoisotopic (exact) mass is 367 g/mol. The lowest BCUT2D eigenvalue weighted by Gasteiger charge is -2.19. The Balaban J connectivity index is 2.61. The predicted molar refractivity (Wildman–Crippen MR) is 109 cm³/mol. The lowest BCUT2D eigenvalue weighted by Crippen LogP contribution is -2.10. The third-order valence-electron chi connectivity index (χ3n) is 4.05. The highest BCUT2D eigenvalue weighted by Gasteiger charge is 2.23. The number of nitrogens with zero attached hydrogens (tertiary/aromatic N) is 3. The fourth-order valence-corrected chi connectivity index (χ4v) is 3.74. The SMILES string of the molecule is CCc1sc(C(=O)/N=C/N(C)C)c(-c2ccc(C(C)(C)C)cc2)c1C#N. The molecule has 0 aliphatic heterocycles. The zero-order chi connectivity index (χ0) is 19.5. The van der Waals surface area contributed by atoms with E-state index in [0.717, 1.165) is 10.4 Å². The zero-order valence-electron chi connectivity index (χ0n) is 16.3. The molecule has 1 aromatic heterocycles. The molecule has 0 radical (unpaired) electrons. The largest absolute Gasteiger partial charge is 0.369 e. The van der Waals surface area contributed by atoms with Crippen molar-refractivity contribution in [3.05, 3.63) is 45.1 Å². The van der Waals surface area contributed by atoms with Crippen molar-refractivity contribution in [2.45, 2.75) is 39.5 Å². The van der Waals surface area contributed by atoms with Gasteiger partial charge in [0.05, 0.1) is 11.9 Å². The first-order valence-electron chi connectivity index (χ1n) is 8.60. The zero-order valence-corrected chi connectivity index (χ0v) is 17.1. The molecule has 0 saturated heterocycles. The topological polar surface area (TPSA) is 56.5 Å². The number of aryl methyl sites for hydroxylation is 1. The van der Waals surface area contributed by atoms with Gasteiger partial charge in [-0.15, -0.1) is 11.3 Å². The molecule has 0 N–H and O–H groups in total. The maximum absolute atomic E-state index is 12.6. The van der Waals surface area contributed by atoms with E-state index in [0.29, 0.717) is 22.4 Å². The molecule has 136 valence electrons. The number of aliphatic imine (C=N–C) groups is 1. The summed E-state index contributed by atoms with van der Waals surface area (Å²) in [5, 5.41) is 9.69. The summed E-state index contributed by atoms with van der Waals surface area (Å²) in [7, 11) is 3.63. The van der Waals surface area contributed by atoms with Gasteiger partial charge < -0.3 is 4.90 Å². The van der Waals surface area contributed by atoms with E-state index in [1.54, 1.807) is 4.90 Å². The van der Waals surface area contributed by atoms with Crippen LogP contribution < -0.4 is 0 Å². The van der Waals surface area contributed by atoms with E-state index in [1.165, 1.54) is 23.2 Å². The molecule has 5 heteroatoms. The van der Waals surface area contributed by atoms with Crippen LogP contribution in [0.15, 0.2) is 29.3 Å². The highest BCUT2D eigenvalue weighted by molar-refractivity contribution is 7.15. The number of nitriles is 1. The summed E-state index contributed by atoms with van der Waals surface area (Å²) in [6.45, 7) is 8.48. The second-order valence-electron chi connectivity index (χ2n) is 7.41. The van der Waals surface area contributed by atoms with Gasteiger partial charge in [-0.3, -0.25) is 4.79 Å². The van der Waals surface area contributed by atoms with E-state index in [1.807, 2.05) is 33.2 Å². The maximum Gasteiger partial charge on any atom is 0.289 e. The van der Waals surface area contributed by atoms with Crippen LogP contribution in [0.1, 0.15) is 53.4 Å². The average molecular weight is 368 g/mol. The molecule has 0 atom stereocenters. The number of benzene rings is 1. The van der Waals surface area contributed by atoms with E-state index in [9.17, 15) is 10.1 Å². The number of amides is 1. The Kier molecular flexibility index (Phi) is 5.99. The molecule has 2 aromatic rings. The molecule has 0 aliphatic carbocycles. The van der Waals surface area contributed by atoms with Crippen LogP contribution in [-0.2, 0) is 11.8 Å². The number of hydrogen-bond acceptors (Lipinski definition) is 3. The van der Waals surface area contributed by atoms with E-state index < -0.39 is 0 Å². The van der Waals surface area contributed by atoms with Crippen molar-refractivity contribution in [1.82, 2.24) is 4.90 Å². The van der Waals surface area contributed by atoms with Crippen molar-refractivity contribution >= 4 is 23.6 Å².